The number of carbonyl (C=O) groups excluding carboxylic acids is 2. The number of hydrogen-bond acceptors (Lipinski definition) is 8. The molecular formula is C22H22N2O6S. The molecule has 9 heteroatoms. The molecule has 0 N–H and O–H groups in total. The number of rotatable bonds is 6. The van der Waals surface area contributed by atoms with Crippen LogP contribution in [-0.4, -0.2) is 57.4 Å². The summed E-state index contributed by atoms with van der Waals surface area (Å²) in [6.45, 7) is 0. The van der Waals surface area contributed by atoms with Crippen molar-refractivity contribution in [1.29, 1.82) is 0 Å². The lowest BCUT2D eigenvalue weighted by atomic mass is 10.1. The molecule has 1 amide bonds. The standard InChI is InChI=1S/C22H22N2O6S/c1-24-20(25)18(11-13-9-16(27-2)19(29-4)17(10-13)28-3)31-22(24)23-15-8-6-7-14(12-15)21(26)30-5/h6-12H,1-5H3. The van der Waals surface area contributed by atoms with E-state index in [1.807, 2.05) is 0 Å². The number of aliphatic imine (C=N–C) groups is 1. The maximum Gasteiger partial charge on any atom is 0.337 e. The van der Waals surface area contributed by atoms with Crippen molar-refractivity contribution in [2.24, 2.45) is 4.99 Å². The quantitative estimate of drug-likeness (QED) is 0.498. The number of likely N-dealkylation sites (N-methyl/N-ethyl adjacent to an activating group) is 1. The van der Waals surface area contributed by atoms with Crippen LogP contribution in [-0.2, 0) is 9.53 Å². The number of carbonyl (C=O) groups is 2. The molecule has 8 nitrogen and oxygen atoms in total. The summed E-state index contributed by atoms with van der Waals surface area (Å²) in [6, 6.07) is 10.2. The summed E-state index contributed by atoms with van der Waals surface area (Å²) in [5.41, 5.74) is 1.64. The van der Waals surface area contributed by atoms with Gasteiger partial charge in [0, 0.05) is 7.05 Å². The summed E-state index contributed by atoms with van der Waals surface area (Å²) < 4.78 is 20.8. The van der Waals surface area contributed by atoms with E-state index in [1.165, 1.54) is 45.1 Å². The molecule has 1 aliphatic heterocycles. The maximum atomic E-state index is 12.8. The molecule has 2 aromatic carbocycles. The van der Waals surface area contributed by atoms with Crippen molar-refractivity contribution >= 4 is 40.6 Å². The lowest BCUT2D eigenvalue weighted by Gasteiger charge is -2.13. The molecule has 0 aliphatic carbocycles. The number of amidine groups is 1. The monoisotopic (exact) mass is 442 g/mol. The topological polar surface area (TPSA) is 86.7 Å². The lowest BCUT2D eigenvalue weighted by molar-refractivity contribution is -0.121. The molecule has 3 rings (SSSR count). The van der Waals surface area contributed by atoms with Crippen molar-refractivity contribution in [2.45, 2.75) is 0 Å². The highest BCUT2D eigenvalue weighted by Crippen LogP contribution is 2.40. The Hall–Kier alpha value is -3.46. The van der Waals surface area contributed by atoms with E-state index in [9.17, 15) is 9.59 Å². The van der Waals surface area contributed by atoms with E-state index in [4.69, 9.17) is 18.9 Å². The third-order valence-electron chi connectivity index (χ3n) is 4.48. The van der Waals surface area contributed by atoms with Crippen LogP contribution in [0.3, 0.4) is 0 Å². The Kier molecular flexibility index (Phi) is 6.86. The lowest BCUT2D eigenvalue weighted by Crippen LogP contribution is -2.23. The maximum absolute atomic E-state index is 12.8. The molecule has 0 aromatic heterocycles. The van der Waals surface area contributed by atoms with Gasteiger partial charge in [-0.1, -0.05) is 6.07 Å². The van der Waals surface area contributed by atoms with Crippen molar-refractivity contribution in [3.8, 4) is 17.2 Å². The van der Waals surface area contributed by atoms with Crippen LogP contribution in [0.15, 0.2) is 46.3 Å². The van der Waals surface area contributed by atoms with Gasteiger partial charge in [-0.3, -0.25) is 9.69 Å². The minimum atomic E-state index is -0.450. The number of esters is 1. The van der Waals surface area contributed by atoms with Gasteiger partial charge in [-0.2, -0.15) is 0 Å². The molecule has 0 saturated carbocycles. The molecule has 0 bridgehead atoms. The van der Waals surface area contributed by atoms with Crippen molar-refractivity contribution in [3.63, 3.8) is 0 Å². The van der Waals surface area contributed by atoms with Gasteiger partial charge in [-0.25, -0.2) is 9.79 Å². The predicted octanol–water partition coefficient (Wildman–Crippen LogP) is 3.73. The molecule has 0 atom stereocenters. The van der Waals surface area contributed by atoms with Crippen LogP contribution in [0.2, 0.25) is 0 Å². The summed E-state index contributed by atoms with van der Waals surface area (Å²) in [5, 5.41) is 0.491. The van der Waals surface area contributed by atoms with Crippen LogP contribution in [0, 0.1) is 0 Å². The van der Waals surface area contributed by atoms with E-state index < -0.39 is 5.97 Å². The average Bonchev–Trinajstić information content (AvgIpc) is 3.05. The fourth-order valence-corrected chi connectivity index (χ4v) is 3.91. The summed E-state index contributed by atoms with van der Waals surface area (Å²) >= 11 is 1.23. The number of methoxy groups -OCH3 is 4. The summed E-state index contributed by atoms with van der Waals surface area (Å²) in [4.78, 5) is 31.0. The predicted molar refractivity (Wildman–Crippen MR) is 119 cm³/mol. The molecule has 162 valence electrons. The van der Waals surface area contributed by atoms with Gasteiger partial charge in [0.1, 0.15) is 0 Å². The number of thioether (sulfide) groups is 1. The summed E-state index contributed by atoms with van der Waals surface area (Å²) in [5.74, 6) is 0.814. The second-order valence-corrected chi connectivity index (χ2v) is 7.38. The Morgan fingerprint density at radius 2 is 1.71 bits per heavy atom. The molecule has 31 heavy (non-hydrogen) atoms. The van der Waals surface area contributed by atoms with Crippen LogP contribution in [0.5, 0.6) is 17.2 Å². The molecule has 0 radical (unpaired) electrons. The van der Waals surface area contributed by atoms with Gasteiger partial charge < -0.3 is 18.9 Å². The van der Waals surface area contributed by atoms with E-state index in [1.54, 1.807) is 49.5 Å². The average molecular weight is 442 g/mol. The number of ether oxygens (including phenoxy) is 4. The number of benzene rings is 2. The third kappa shape index (κ3) is 4.66. The zero-order valence-electron chi connectivity index (χ0n) is 17.8. The minimum absolute atomic E-state index is 0.193. The zero-order valence-corrected chi connectivity index (χ0v) is 18.6. The molecule has 0 spiro atoms. The van der Waals surface area contributed by atoms with E-state index in [2.05, 4.69) is 4.99 Å². The van der Waals surface area contributed by atoms with Gasteiger partial charge in [-0.15, -0.1) is 0 Å². The third-order valence-corrected chi connectivity index (χ3v) is 5.54. The van der Waals surface area contributed by atoms with Crippen molar-refractivity contribution in [2.75, 3.05) is 35.5 Å². The first-order chi connectivity index (χ1) is 14.9. The minimum Gasteiger partial charge on any atom is -0.493 e. The highest BCUT2D eigenvalue weighted by atomic mass is 32.2. The molecule has 1 fully saturated rings. The second-order valence-electron chi connectivity index (χ2n) is 6.37. The van der Waals surface area contributed by atoms with Crippen LogP contribution in [0.4, 0.5) is 5.69 Å². The summed E-state index contributed by atoms with van der Waals surface area (Å²) in [6.07, 6.45) is 1.74. The zero-order chi connectivity index (χ0) is 22.5. The fourth-order valence-electron chi connectivity index (χ4n) is 2.92. The Morgan fingerprint density at radius 1 is 1.03 bits per heavy atom. The molecule has 1 aliphatic rings. The van der Waals surface area contributed by atoms with Gasteiger partial charge >= 0.3 is 5.97 Å². The highest BCUT2D eigenvalue weighted by molar-refractivity contribution is 8.18. The molecule has 2 aromatic rings. The van der Waals surface area contributed by atoms with Crippen LogP contribution in [0.25, 0.3) is 6.08 Å². The SMILES string of the molecule is COC(=O)c1cccc(N=C2SC(=Cc3cc(OC)c(OC)c(OC)c3)C(=O)N2C)c1. The summed E-state index contributed by atoms with van der Waals surface area (Å²) in [7, 11) is 7.56. The largest absolute Gasteiger partial charge is 0.493 e. The van der Waals surface area contributed by atoms with Gasteiger partial charge in [0.05, 0.1) is 44.6 Å². The molecule has 1 heterocycles. The van der Waals surface area contributed by atoms with E-state index >= 15 is 0 Å². The highest BCUT2D eigenvalue weighted by Gasteiger charge is 2.30. The first-order valence-corrected chi connectivity index (χ1v) is 9.98. The Labute approximate surface area is 184 Å². The Balaban J connectivity index is 1.94. The van der Waals surface area contributed by atoms with Crippen molar-refractivity contribution in [3.05, 3.63) is 52.4 Å². The van der Waals surface area contributed by atoms with Gasteiger partial charge in [0.2, 0.25) is 5.75 Å². The van der Waals surface area contributed by atoms with Crippen molar-refractivity contribution in [1.82, 2.24) is 4.90 Å². The number of amides is 1. The van der Waals surface area contributed by atoms with E-state index in [-0.39, 0.29) is 5.91 Å². The van der Waals surface area contributed by atoms with Crippen LogP contribution >= 0.6 is 11.8 Å². The molecule has 1 saturated heterocycles. The van der Waals surface area contributed by atoms with E-state index in [0.29, 0.717) is 44.1 Å². The first-order valence-electron chi connectivity index (χ1n) is 9.16. The van der Waals surface area contributed by atoms with Gasteiger partial charge in [0.15, 0.2) is 16.7 Å². The second kappa shape index (κ2) is 9.57. The smallest absolute Gasteiger partial charge is 0.337 e. The van der Waals surface area contributed by atoms with Gasteiger partial charge in [-0.05, 0) is 53.7 Å². The number of nitrogens with zero attached hydrogens (tertiary/aromatic N) is 2. The van der Waals surface area contributed by atoms with Crippen LogP contribution < -0.4 is 14.2 Å². The first kappa shape index (κ1) is 22.2. The van der Waals surface area contributed by atoms with Crippen LogP contribution in [0.1, 0.15) is 15.9 Å². The molecular weight excluding hydrogens is 420 g/mol. The Bertz CT molecular complexity index is 1050. The normalized spacial score (nSPS) is 16.0. The molecule has 0 unspecified atom stereocenters. The van der Waals surface area contributed by atoms with Crippen molar-refractivity contribution < 1.29 is 28.5 Å². The van der Waals surface area contributed by atoms with E-state index in [0.717, 1.165) is 0 Å². The fraction of sp³-hybridized carbons (Fsp3) is 0.227. The number of hydrogen-bond donors (Lipinski definition) is 0. The Morgan fingerprint density at radius 3 is 2.29 bits per heavy atom. The van der Waals surface area contributed by atoms with Gasteiger partial charge in [0.25, 0.3) is 5.91 Å².